The van der Waals surface area contributed by atoms with Gasteiger partial charge in [-0.3, -0.25) is 4.68 Å². The molecule has 3 atom stereocenters. The lowest BCUT2D eigenvalue weighted by Gasteiger charge is -2.20. The SMILES string of the molecule is CCn1ncnc1CC(O)C1OCCC1C. The van der Waals surface area contributed by atoms with Crippen LogP contribution in [0.3, 0.4) is 0 Å². The first kappa shape index (κ1) is 11.5. The predicted octanol–water partition coefficient (Wildman–Crippen LogP) is 0.626. The van der Waals surface area contributed by atoms with E-state index in [1.54, 1.807) is 0 Å². The smallest absolute Gasteiger partial charge is 0.138 e. The Bertz CT molecular complexity index is 340. The van der Waals surface area contributed by atoms with Crippen LogP contribution in [0.4, 0.5) is 0 Å². The molecule has 1 N–H and O–H groups in total. The summed E-state index contributed by atoms with van der Waals surface area (Å²) >= 11 is 0. The van der Waals surface area contributed by atoms with Gasteiger partial charge in [-0.05, 0) is 19.3 Å². The van der Waals surface area contributed by atoms with E-state index < -0.39 is 6.10 Å². The van der Waals surface area contributed by atoms with Crippen LogP contribution in [0.2, 0.25) is 0 Å². The molecule has 90 valence electrons. The van der Waals surface area contributed by atoms with Crippen molar-refractivity contribution in [3.8, 4) is 0 Å². The van der Waals surface area contributed by atoms with Crippen LogP contribution in [0.15, 0.2) is 6.33 Å². The summed E-state index contributed by atoms with van der Waals surface area (Å²) in [6, 6.07) is 0. The van der Waals surface area contributed by atoms with Crippen LogP contribution >= 0.6 is 0 Å². The Balaban J connectivity index is 1.98. The Morgan fingerprint density at radius 2 is 2.50 bits per heavy atom. The van der Waals surface area contributed by atoms with Gasteiger partial charge in [0, 0.05) is 19.6 Å². The lowest BCUT2D eigenvalue weighted by Crippen LogP contribution is -2.32. The number of nitrogens with zero attached hydrogens (tertiary/aromatic N) is 3. The molecule has 1 fully saturated rings. The fourth-order valence-corrected chi connectivity index (χ4v) is 2.22. The van der Waals surface area contributed by atoms with E-state index in [9.17, 15) is 5.11 Å². The summed E-state index contributed by atoms with van der Waals surface area (Å²) in [7, 11) is 0. The van der Waals surface area contributed by atoms with E-state index in [0.717, 1.165) is 25.4 Å². The molecule has 0 aliphatic carbocycles. The third-order valence-electron chi connectivity index (χ3n) is 3.21. The Morgan fingerprint density at radius 3 is 3.12 bits per heavy atom. The second-order valence-corrected chi connectivity index (χ2v) is 4.36. The molecular formula is C11H19N3O2. The van der Waals surface area contributed by atoms with E-state index in [4.69, 9.17) is 4.74 Å². The number of rotatable bonds is 4. The van der Waals surface area contributed by atoms with E-state index in [2.05, 4.69) is 17.0 Å². The zero-order chi connectivity index (χ0) is 11.5. The minimum atomic E-state index is -0.480. The highest BCUT2D eigenvalue weighted by molar-refractivity contribution is 4.91. The van der Waals surface area contributed by atoms with Gasteiger partial charge in [0.05, 0.1) is 12.2 Å². The van der Waals surface area contributed by atoms with E-state index >= 15 is 0 Å². The molecule has 1 aromatic rings. The zero-order valence-corrected chi connectivity index (χ0v) is 9.83. The number of ether oxygens (including phenoxy) is 1. The first-order valence-electron chi connectivity index (χ1n) is 5.88. The van der Waals surface area contributed by atoms with E-state index in [1.165, 1.54) is 6.33 Å². The molecule has 0 radical (unpaired) electrons. The molecule has 1 aliphatic heterocycles. The molecule has 0 amide bonds. The maximum absolute atomic E-state index is 10.1. The van der Waals surface area contributed by atoms with Crippen molar-refractivity contribution < 1.29 is 9.84 Å². The highest BCUT2D eigenvalue weighted by Crippen LogP contribution is 2.24. The van der Waals surface area contributed by atoms with Crippen molar-refractivity contribution in [3.63, 3.8) is 0 Å². The minimum Gasteiger partial charge on any atom is -0.390 e. The summed E-state index contributed by atoms with van der Waals surface area (Å²) in [4.78, 5) is 4.16. The lowest BCUT2D eigenvalue weighted by molar-refractivity contribution is -0.0170. The molecular weight excluding hydrogens is 206 g/mol. The summed E-state index contributed by atoms with van der Waals surface area (Å²) in [5.41, 5.74) is 0. The fraction of sp³-hybridized carbons (Fsp3) is 0.818. The molecule has 0 bridgehead atoms. The van der Waals surface area contributed by atoms with Crippen molar-refractivity contribution in [3.05, 3.63) is 12.2 Å². The average Bonchev–Trinajstić information content (AvgIpc) is 2.86. The largest absolute Gasteiger partial charge is 0.390 e. The van der Waals surface area contributed by atoms with Crippen LogP contribution < -0.4 is 0 Å². The van der Waals surface area contributed by atoms with Gasteiger partial charge in [-0.15, -0.1) is 0 Å². The molecule has 5 nitrogen and oxygen atoms in total. The van der Waals surface area contributed by atoms with Crippen LogP contribution in [0.1, 0.15) is 26.1 Å². The summed E-state index contributed by atoms with van der Waals surface area (Å²) < 4.78 is 7.35. The van der Waals surface area contributed by atoms with Crippen molar-refractivity contribution in [2.75, 3.05) is 6.61 Å². The minimum absolute atomic E-state index is 0.0537. The first-order chi connectivity index (χ1) is 7.72. The molecule has 0 saturated carbocycles. The number of hydrogen-bond donors (Lipinski definition) is 1. The van der Waals surface area contributed by atoms with Gasteiger partial charge >= 0.3 is 0 Å². The van der Waals surface area contributed by atoms with E-state index in [0.29, 0.717) is 12.3 Å². The molecule has 1 aliphatic rings. The van der Waals surface area contributed by atoms with Crippen molar-refractivity contribution in [1.29, 1.82) is 0 Å². The molecule has 3 unspecified atom stereocenters. The summed E-state index contributed by atoms with van der Waals surface area (Å²) in [6.45, 7) is 5.66. The van der Waals surface area contributed by atoms with Crippen molar-refractivity contribution >= 4 is 0 Å². The van der Waals surface area contributed by atoms with Crippen LogP contribution in [0.25, 0.3) is 0 Å². The Hall–Kier alpha value is -0.940. The monoisotopic (exact) mass is 225 g/mol. The van der Waals surface area contributed by atoms with Gasteiger partial charge in [0.15, 0.2) is 0 Å². The van der Waals surface area contributed by atoms with E-state index in [-0.39, 0.29) is 6.10 Å². The normalized spacial score (nSPS) is 27.2. The third-order valence-corrected chi connectivity index (χ3v) is 3.21. The number of aryl methyl sites for hydroxylation is 1. The Labute approximate surface area is 95.4 Å². The molecule has 2 rings (SSSR count). The molecule has 5 heteroatoms. The highest BCUT2D eigenvalue weighted by atomic mass is 16.5. The highest BCUT2D eigenvalue weighted by Gasteiger charge is 2.31. The molecule has 1 saturated heterocycles. The van der Waals surface area contributed by atoms with Crippen molar-refractivity contribution in [2.45, 2.75) is 45.4 Å². The van der Waals surface area contributed by atoms with Crippen LogP contribution in [-0.4, -0.2) is 38.7 Å². The maximum Gasteiger partial charge on any atom is 0.138 e. The lowest BCUT2D eigenvalue weighted by atomic mass is 9.97. The van der Waals surface area contributed by atoms with Crippen molar-refractivity contribution in [1.82, 2.24) is 14.8 Å². The van der Waals surface area contributed by atoms with Gasteiger partial charge in [0.1, 0.15) is 12.2 Å². The molecule has 0 spiro atoms. The number of aromatic nitrogens is 3. The Morgan fingerprint density at radius 1 is 1.69 bits per heavy atom. The van der Waals surface area contributed by atoms with Crippen LogP contribution in [-0.2, 0) is 17.7 Å². The van der Waals surface area contributed by atoms with Crippen LogP contribution in [0, 0.1) is 5.92 Å². The molecule has 2 heterocycles. The van der Waals surface area contributed by atoms with Gasteiger partial charge in [-0.2, -0.15) is 5.10 Å². The van der Waals surface area contributed by atoms with Gasteiger partial charge in [-0.25, -0.2) is 4.98 Å². The zero-order valence-electron chi connectivity index (χ0n) is 9.83. The summed E-state index contributed by atoms with van der Waals surface area (Å²) in [6.07, 6.45) is 2.55. The Kier molecular flexibility index (Phi) is 3.56. The average molecular weight is 225 g/mol. The predicted molar refractivity (Wildman–Crippen MR) is 58.9 cm³/mol. The maximum atomic E-state index is 10.1. The standard InChI is InChI=1S/C11H19N3O2/c1-3-14-10(12-7-13-14)6-9(15)11-8(2)4-5-16-11/h7-9,11,15H,3-6H2,1-2H3. The topological polar surface area (TPSA) is 60.2 Å². The number of aliphatic hydroxyl groups excluding tert-OH is 1. The second-order valence-electron chi connectivity index (χ2n) is 4.36. The second kappa shape index (κ2) is 4.93. The number of aliphatic hydroxyl groups is 1. The van der Waals surface area contributed by atoms with Gasteiger partial charge in [0.25, 0.3) is 0 Å². The van der Waals surface area contributed by atoms with Crippen molar-refractivity contribution in [2.24, 2.45) is 5.92 Å². The quantitative estimate of drug-likeness (QED) is 0.816. The van der Waals surface area contributed by atoms with Crippen LogP contribution in [0.5, 0.6) is 0 Å². The van der Waals surface area contributed by atoms with Gasteiger partial charge in [-0.1, -0.05) is 6.92 Å². The summed E-state index contributed by atoms with van der Waals surface area (Å²) in [5, 5.41) is 14.2. The van der Waals surface area contributed by atoms with Gasteiger partial charge < -0.3 is 9.84 Å². The fourth-order valence-electron chi connectivity index (χ4n) is 2.22. The molecule has 16 heavy (non-hydrogen) atoms. The summed E-state index contributed by atoms with van der Waals surface area (Å²) in [5.74, 6) is 1.26. The van der Waals surface area contributed by atoms with E-state index in [1.807, 2.05) is 11.6 Å². The number of hydrogen-bond acceptors (Lipinski definition) is 4. The first-order valence-corrected chi connectivity index (χ1v) is 5.88. The molecule has 1 aromatic heterocycles. The molecule has 0 aromatic carbocycles. The van der Waals surface area contributed by atoms with Gasteiger partial charge in [0.2, 0.25) is 0 Å². The third kappa shape index (κ3) is 2.25.